The largest absolute Gasteiger partial charge is 0.367 e. The molecule has 0 spiro atoms. The van der Waals surface area contributed by atoms with Crippen molar-refractivity contribution in [1.82, 2.24) is 24.6 Å². The molecule has 35 heavy (non-hydrogen) atoms. The predicted octanol–water partition coefficient (Wildman–Crippen LogP) is 4.78. The van der Waals surface area contributed by atoms with Crippen LogP contribution < -0.4 is 0 Å². The third kappa shape index (κ3) is 5.53. The highest BCUT2D eigenvalue weighted by Gasteiger charge is 2.43. The molecule has 2 aromatic heterocycles. The van der Waals surface area contributed by atoms with E-state index in [1.165, 1.54) is 77.3 Å². The minimum atomic E-state index is -1.63. The molecule has 0 saturated heterocycles. The van der Waals surface area contributed by atoms with Crippen LogP contribution in [0, 0.1) is 0 Å². The summed E-state index contributed by atoms with van der Waals surface area (Å²) in [6, 6.07) is 4.38. The number of hydroxylamine groups is 2. The molecule has 9 nitrogen and oxygen atoms in total. The molecule has 2 heterocycles. The Hall–Kier alpha value is -2.47. The van der Waals surface area contributed by atoms with E-state index < -0.39 is 23.2 Å². The van der Waals surface area contributed by atoms with Gasteiger partial charge in [0.05, 0.1) is 15.6 Å². The van der Waals surface area contributed by atoms with Crippen LogP contribution >= 0.6 is 46.7 Å². The molecule has 186 valence electrons. The molecule has 0 unspecified atom stereocenters. The fourth-order valence-corrected chi connectivity index (χ4v) is 4.69. The second kappa shape index (κ2) is 10.7. The topological polar surface area (TPSA) is 99.3 Å². The number of ketones is 1. The third-order valence-corrected chi connectivity index (χ3v) is 7.15. The van der Waals surface area contributed by atoms with E-state index in [9.17, 15) is 14.4 Å². The van der Waals surface area contributed by atoms with Gasteiger partial charge in [0.15, 0.2) is 5.78 Å². The average molecular weight is 556 g/mol. The molecule has 0 aliphatic heterocycles. The maximum atomic E-state index is 13.7. The van der Waals surface area contributed by atoms with E-state index in [1.807, 2.05) is 0 Å². The first-order chi connectivity index (χ1) is 16.4. The normalized spacial score (nSPS) is 11.4. The molecule has 1 aromatic carbocycles. The number of benzene rings is 1. The molecule has 0 fully saturated rings. The van der Waals surface area contributed by atoms with Crippen LogP contribution in [0.2, 0.25) is 10.0 Å². The lowest BCUT2D eigenvalue weighted by Gasteiger charge is -2.34. The van der Waals surface area contributed by atoms with Crippen LogP contribution in [0.25, 0.3) is 0 Å². The summed E-state index contributed by atoms with van der Waals surface area (Å²) in [7, 11) is 3.33. The second-order valence-corrected chi connectivity index (χ2v) is 10.4. The van der Waals surface area contributed by atoms with E-state index in [-0.39, 0.29) is 26.7 Å². The van der Waals surface area contributed by atoms with E-state index in [1.54, 1.807) is 26.6 Å². The van der Waals surface area contributed by atoms with Gasteiger partial charge in [-0.05, 0) is 44.6 Å². The molecule has 1 amide bonds. The van der Waals surface area contributed by atoms with Crippen molar-refractivity contribution in [2.75, 3.05) is 12.5 Å². The highest BCUT2D eigenvalue weighted by molar-refractivity contribution is 7.98. The van der Waals surface area contributed by atoms with Crippen LogP contribution in [0.15, 0.2) is 40.6 Å². The number of carbonyl (C=O) groups excluding carboxylic acids is 3. The maximum Gasteiger partial charge on any atom is 0.367 e. The first-order valence-corrected chi connectivity index (χ1v) is 13.3. The van der Waals surface area contributed by atoms with Crippen LogP contribution in [0.4, 0.5) is 0 Å². The molecule has 0 aliphatic carbocycles. The van der Waals surface area contributed by atoms with Gasteiger partial charge in [-0.3, -0.25) is 19.0 Å². The summed E-state index contributed by atoms with van der Waals surface area (Å²) >= 11 is 14.6. The van der Waals surface area contributed by atoms with Gasteiger partial charge in [-0.1, -0.05) is 23.2 Å². The Labute approximate surface area is 221 Å². The van der Waals surface area contributed by atoms with Crippen molar-refractivity contribution in [1.29, 1.82) is 0 Å². The first kappa shape index (κ1) is 27.1. The molecule has 0 atom stereocenters. The molecule has 0 saturated carbocycles. The number of aromatic nitrogens is 4. The molecule has 13 heteroatoms. The number of hydrogen-bond donors (Lipinski definition) is 0. The molecule has 0 bridgehead atoms. The summed E-state index contributed by atoms with van der Waals surface area (Å²) in [5.74, 6) is -2.05. The quantitative estimate of drug-likeness (QED) is 0.233. The van der Waals surface area contributed by atoms with Gasteiger partial charge >= 0.3 is 5.97 Å². The molecule has 0 aliphatic rings. The summed E-state index contributed by atoms with van der Waals surface area (Å²) < 4.78 is 2.94. The highest BCUT2D eigenvalue weighted by atomic mass is 35.5. The van der Waals surface area contributed by atoms with Crippen molar-refractivity contribution < 1.29 is 19.2 Å². The van der Waals surface area contributed by atoms with Crippen LogP contribution in [0.3, 0.4) is 0 Å². The van der Waals surface area contributed by atoms with Crippen molar-refractivity contribution in [3.05, 3.63) is 57.3 Å². The van der Waals surface area contributed by atoms with Crippen molar-refractivity contribution in [2.24, 2.45) is 14.1 Å². The fraction of sp³-hybridized carbons (Fsp3) is 0.318. The maximum absolute atomic E-state index is 13.7. The van der Waals surface area contributed by atoms with Gasteiger partial charge in [-0.2, -0.15) is 15.3 Å². The number of halogens is 2. The third-order valence-electron chi connectivity index (χ3n) is 5.03. The monoisotopic (exact) mass is 555 g/mol. The number of carbonyl (C=O) groups is 3. The molecular formula is C22H23Cl2N5O4S2. The predicted molar refractivity (Wildman–Crippen MR) is 136 cm³/mol. The van der Waals surface area contributed by atoms with E-state index in [0.29, 0.717) is 10.1 Å². The number of hydrogen-bond acceptors (Lipinski definition) is 8. The Bertz CT molecular complexity index is 1300. The van der Waals surface area contributed by atoms with Crippen molar-refractivity contribution in [3.63, 3.8) is 0 Å². The van der Waals surface area contributed by atoms with Crippen molar-refractivity contribution in [2.45, 2.75) is 29.4 Å². The number of amides is 1. The van der Waals surface area contributed by atoms with Gasteiger partial charge in [0, 0.05) is 32.1 Å². The number of rotatable bonds is 7. The molecule has 3 aromatic rings. The van der Waals surface area contributed by atoms with E-state index in [4.69, 9.17) is 28.0 Å². The zero-order chi connectivity index (χ0) is 26.1. The summed E-state index contributed by atoms with van der Waals surface area (Å²) in [4.78, 5) is 46.1. The van der Waals surface area contributed by atoms with Crippen LogP contribution in [0.5, 0.6) is 0 Å². The van der Waals surface area contributed by atoms with Crippen molar-refractivity contribution >= 4 is 64.4 Å². The van der Waals surface area contributed by atoms with Crippen LogP contribution in [-0.2, 0) is 18.9 Å². The standard InChI is InChI=1S/C22H23Cl2N5O4S2/c1-22(2,17(30)12-7-8-15(23)16(24)9-12)29(20(31)13-10-27(3)25-18(13)34-5)33-21(32)14-11-28(4)26-19(14)35-6/h7-11H,1-6H3. The highest BCUT2D eigenvalue weighted by Crippen LogP contribution is 2.30. The number of aryl methyl sites for hydroxylation is 2. The van der Waals surface area contributed by atoms with E-state index in [2.05, 4.69) is 10.2 Å². The first-order valence-electron chi connectivity index (χ1n) is 10.1. The Kier molecular flexibility index (Phi) is 8.25. The number of nitrogens with zero attached hydrogens (tertiary/aromatic N) is 5. The Balaban J connectivity index is 2.08. The molecule has 0 N–H and O–H groups in total. The van der Waals surface area contributed by atoms with Crippen molar-refractivity contribution in [3.8, 4) is 0 Å². The van der Waals surface area contributed by atoms with Crippen LogP contribution in [0.1, 0.15) is 44.9 Å². The minimum Gasteiger partial charge on any atom is -0.331 e. The minimum absolute atomic E-state index is 0.159. The molecular weight excluding hydrogens is 533 g/mol. The van der Waals surface area contributed by atoms with Gasteiger partial charge in [0.1, 0.15) is 21.2 Å². The number of Topliss-reactive ketones (excluding diaryl/α,β-unsaturated/α-hetero) is 1. The lowest BCUT2D eigenvalue weighted by Crippen LogP contribution is -2.53. The molecule has 3 rings (SSSR count). The Morgan fingerprint density at radius 2 is 1.49 bits per heavy atom. The number of thioether (sulfide) groups is 2. The van der Waals surface area contributed by atoms with E-state index >= 15 is 0 Å². The van der Waals surface area contributed by atoms with E-state index in [0.717, 1.165) is 5.06 Å². The van der Waals surface area contributed by atoms with Gasteiger partial charge in [0.2, 0.25) is 0 Å². The molecule has 0 radical (unpaired) electrons. The second-order valence-electron chi connectivity index (χ2n) is 7.95. The van der Waals surface area contributed by atoms with Gasteiger partial charge in [0.25, 0.3) is 5.91 Å². The fourth-order valence-electron chi connectivity index (χ4n) is 3.26. The SMILES string of the molecule is CSc1nn(C)cc1C(=O)ON(C(=O)c1cn(C)nc1SC)C(C)(C)C(=O)c1ccc(Cl)c(Cl)c1. The lowest BCUT2D eigenvalue weighted by atomic mass is 9.92. The van der Waals surface area contributed by atoms with Crippen LogP contribution in [-0.4, -0.2) is 60.3 Å². The van der Waals surface area contributed by atoms with Gasteiger partial charge in [-0.25, -0.2) is 4.79 Å². The summed E-state index contributed by atoms with van der Waals surface area (Å²) in [6.45, 7) is 2.97. The van der Waals surface area contributed by atoms with Gasteiger partial charge < -0.3 is 4.84 Å². The lowest BCUT2D eigenvalue weighted by molar-refractivity contribution is -0.120. The zero-order valence-electron chi connectivity index (χ0n) is 19.8. The smallest absolute Gasteiger partial charge is 0.331 e. The Morgan fingerprint density at radius 3 is 2.03 bits per heavy atom. The van der Waals surface area contributed by atoms with Gasteiger partial charge in [-0.15, -0.1) is 23.5 Å². The Morgan fingerprint density at radius 1 is 0.943 bits per heavy atom. The summed E-state index contributed by atoms with van der Waals surface area (Å²) in [5.41, 5.74) is -1.09. The summed E-state index contributed by atoms with van der Waals surface area (Å²) in [6.07, 6.45) is 6.52. The average Bonchev–Trinajstić information content (AvgIpc) is 3.39. The summed E-state index contributed by atoms with van der Waals surface area (Å²) in [5, 5.41) is 10.6. The zero-order valence-corrected chi connectivity index (χ0v) is 23.0.